The number of rotatable bonds is 10. The van der Waals surface area contributed by atoms with Crippen LogP contribution in [0.4, 0.5) is 4.79 Å². The minimum Gasteiger partial charge on any atom is -0.467 e. The number of hydroxylamine groups is 2. The Bertz CT molecular complexity index is 1070. The molecule has 0 bridgehead atoms. The molecule has 1 saturated heterocycles. The van der Waals surface area contributed by atoms with Crippen molar-refractivity contribution in [1.29, 1.82) is 0 Å². The fraction of sp³-hybridized carbons (Fsp3) is 0.533. The number of methoxy groups -OCH3 is 1. The van der Waals surface area contributed by atoms with E-state index < -0.39 is 17.8 Å². The van der Waals surface area contributed by atoms with E-state index in [1.807, 2.05) is 50.2 Å². The highest BCUT2D eigenvalue weighted by molar-refractivity contribution is 5.95. The van der Waals surface area contributed by atoms with Gasteiger partial charge in [0.05, 0.1) is 25.3 Å². The van der Waals surface area contributed by atoms with E-state index in [2.05, 4.69) is 5.32 Å². The zero-order valence-corrected chi connectivity index (χ0v) is 23.9. The second-order valence-electron chi connectivity index (χ2n) is 11.0. The van der Waals surface area contributed by atoms with Gasteiger partial charge >= 0.3 is 6.16 Å². The summed E-state index contributed by atoms with van der Waals surface area (Å²) in [5.74, 6) is 0.577. The van der Waals surface area contributed by atoms with Gasteiger partial charge < -0.3 is 29.1 Å². The molecule has 1 N–H and O–H groups in total. The van der Waals surface area contributed by atoms with Crippen molar-refractivity contribution in [1.82, 2.24) is 10.4 Å². The summed E-state index contributed by atoms with van der Waals surface area (Å²) < 4.78 is 22.4. The van der Waals surface area contributed by atoms with Gasteiger partial charge in [0.1, 0.15) is 11.4 Å². The van der Waals surface area contributed by atoms with Gasteiger partial charge in [0.15, 0.2) is 6.79 Å². The third-order valence-corrected chi connectivity index (χ3v) is 6.19. The molecule has 1 amide bonds. The Morgan fingerprint density at radius 2 is 1.85 bits per heavy atom. The minimum absolute atomic E-state index is 0.126. The Morgan fingerprint density at radius 3 is 2.51 bits per heavy atom. The predicted octanol–water partition coefficient (Wildman–Crippen LogP) is 5.44. The lowest BCUT2D eigenvalue weighted by molar-refractivity contribution is -0.145. The van der Waals surface area contributed by atoms with Crippen LogP contribution in [0.3, 0.4) is 0 Å². The lowest BCUT2D eigenvalue weighted by Gasteiger charge is -2.29. The van der Waals surface area contributed by atoms with Crippen LogP contribution in [0.25, 0.3) is 0 Å². The molecule has 1 fully saturated rings. The maximum atomic E-state index is 13.5. The third-order valence-electron chi connectivity index (χ3n) is 6.19. The fourth-order valence-electron chi connectivity index (χ4n) is 4.32. The number of nitrogens with zero attached hydrogens (tertiary/aromatic N) is 1. The highest BCUT2D eigenvalue weighted by atomic mass is 16.8. The van der Waals surface area contributed by atoms with Gasteiger partial charge in [-0.3, -0.25) is 4.79 Å². The number of carbonyl (C=O) groups excluding carboxylic acids is 2. The molecule has 39 heavy (non-hydrogen) atoms. The Morgan fingerprint density at radius 1 is 1.10 bits per heavy atom. The highest BCUT2D eigenvalue weighted by Crippen LogP contribution is 2.28. The van der Waals surface area contributed by atoms with Crippen LogP contribution in [0.5, 0.6) is 5.75 Å². The van der Waals surface area contributed by atoms with Crippen molar-refractivity contribution in [2.45, 2.75) is 77.7 Å². The molecular formula is C30H42N2O7. The number of benzene rings is 2. The second kappa shape index (κ2) is 14.3. The molecule has 1 aliphatic rings. The Labute approximate surface area is 231 Å². The van der Waals surface area contributed by atoms with Gasteiger partial charge in [-0.25, -0.2) is 4.79 Å². The van der Waals surface area contributed by atoms with E-state index in [0.29, 0.717) is 30.9 Å². The Hall–Kier alpha value is -3.14. The molecule has 2 aromatic rings. The zero-order chi connectivity index (χ0) is 28.4. The largest absolute Gasteiger partial charge is 0.528 e. The predicted molar refractivity (Wildman–Crippen MR) is 147 cm³/mol. The normalized spacial score (nSPS) is 18.3. The van der Waals surface area contributed by atoms with E-state index >= 15 is 0 Å². The van der Waals surface area contributed by atoms with Crippen LogP contribution in [0.1, 0.15) is 74.9 Å². The van der Waals surface area contributed by atoms with Gasteiger partial charge in [-0.05, 0) is 68.9 Å². The summed E-state index contributed by atoms with van der Waals surface area (Å²) in [5.41, 5.74) is 1.79. The molecule has 2 atom stereocenters. The summed E-state index contributed by atoms with van der Waals surface area (Å²) in [6, 6.07) is 14.8. The number of carbonyl (C=O) groups is 2. The molecule has 0 saturated carbocycles. The SMILES string of the molecule is COCOc1ccc(C(=O)N[C@@H]2CN(OC(=O)OC(C)(C)C)CCC[C@H]2OCc2ccccc2)cc1C(C)C. The van der Waals surface area contributed by atoms with Crippen LogP contribution in [0.2, 0.25) is 0 Å². The number of amides is 1. The maximum absolute atomic E-state index is 13.5. The van der Waals surface area contributed by atoms with Crippen LogP contribution in [-0.4, -0.2) is 61.9 Å². The number of ether oxygens (including phenoxy) is 4. The van der Waals surface area contributed by atoms with E-state index in [1.54, 1.807) is 45.1 Å². The summed E-state index contributed by atoms with van der Waals surface area (Å²) in [6.07, 6.45) is 0.352. The summed E-state index contributed by atoms with van der Waals surface area (Å²) in [4.78, 5) is 31.4. The van der Waals surface area contributed by atoms with Gasteiger partial charge in [-0.2, -0.15) is 0 Å². The summed E-state index contributed by atoms with van der Waals surface area (Å²) in [7, 11) is 1.57. The zero-order valence-electron chi connectivity index (χ0n) is 23.9. The van der Waals surface area contributed by atoms with E-state index in [9.17, 15) is 9.59 Å². The number of hydrogen-bond acceptors (Lipinski definition) is 8. The van der Waals surface area contributed by atoms with Crippen molar-refractivity contribution in [2.75, 3.05) is 27.0 Å². The monoisotopic (exact) mass is 542 g/mol. The molecular weight excluding hydrogens is 500 g/mol. The van der Waals surface area contributed by atoms with E-state index in [-0.39, 0.29) is 31.3 Å². The van der Waals surface area contributed by atoms with Crippen LogP contribution < -0.4 is 10.1 Å². The van der Waals surface area contributed by atoms with Gasteiger partial charge in [-0.1, -0.05) is 44.2 Å². The molecule has 0 spiro atoms. The summed E-state index contributed by atoms with van der Waals surface area (Å²) >= 11 is 0. The molecule has 0 radical (unpaired) electrons. The first-order valence-corrected chi connectivity index (χ1v) is 13.4. The molecule has 0 aromatic heterocycles. The lowest BCUT2D eigenvalue weighted by Crippen LogP contribution is -2.50. The van der Waals surface area contributed by atoms with Crippen molar-refractivity contribution in [3.05, 3.63) is 65.2 Å². The molecule has 214 valence electrons. The van der Waals surface area contributed by atoms with Crippen molar-refractivity contribution < 1.29 is 33.4 Å². The van der Waals surface area contributed by atoms with Crippen molar-refractivity contribution in [2.24, 2.45) is 0 Å². The summed E-state index contributed by atoms with van der Waals surface area (Å²) in [6.45, 7) is 10.7. The van der Waals surface area contributed by atoms with Crippen LogP contribution in [0.15, 0.2) is 48.5 Å². The standard InChI is InChI=1S/C30H42N2O7/c1-21(2)24-17-23(14-15-26(24)37-20-35-6)28(33)31-25-18-32(39-29(34)38-30(3,4)5)16-10-13-27(25)36-19-22-11-8-7-9-12-22/h7-9,11-12,14-15,17,21,25,27H,10,13,16,18-20H2,1-6H3,(H,31,33)/t25-,27-/m1/s1. The van der Waals surface area contributed by atoms with E-state index in [1.165, 1.54) is 0 Å². The first kappa shape index (κ1) is 30.4. The second-order valence-corrected chi connectivity index (χ2v) is 11.0. The van der Waals surface area contributed by atoms with Crippen LogP contribution in [0, 0.1) is 0 Å². The van der Waals surface area contributed by atoms with Crippen molar-refractivity contribution in [3.63, 3.8) is 0 Å². The number of nitrogens with one attached hydrogen (secondary N) is 1. The Balaban J connectivity index is 1.78. The molecule has 0 aliphatic carbocycles. The van der Waals surface area contributed by atoms with Gasteiger partial charge in [0, 0.05) is 19.2 Å². The average molecular weight is 543 g/mol. The Kier molecular flexibility index (Phi) is 11.2. The first-order valence-electron chi connectivity index (χ1n) is 13.4. The van der Waals surface area contributed by atoms with E-state index in [0.717, 1.165) is 17.5 Å². The first-order chi connectivity index (χ1) is 18.6. The number of hydrogen-bond donors (Lipinski definition) is 1. The summed E-state index contributed by atoms with van der Waals surface area (Å²) in [5, 5.41) is 4.69. The smallest absolute Gasteiger partial charge is 0.467 e. The molecule has 3 rings (SSSR count). The van der Waals surface area contributed by atoms with Crippen molar-refractivity contribution in [3.8, 4) is 5.75 Å². The van der Waals surface area contributed by atoms with Gasteiger partial charge in [0.2, 0.25) is 0 Å². The molecule has 9 heteroatoms. The highest BCUT2D eigenvalue weighted by Gasteiger charge is 2.32. The lowest BCUT2D eigenvalue weighted by atomic mass is 9.99. The van der Waals surface area contributed by atoms with Gasteiger partial charge in [-0.15, -0.1) is 5.06 Å². The van der Waals surface area contributed by atoms with E-state index in [4.69, 9.17) is 23.8 Å². The minimum atomic E-state index is -0.774. The quantitative estimate of drug-likeness (QED) is 0.313. The van der Waals surface area contributed by atoms with Crippen molar-refractivity contribution >= 4 is 12.1 Å². The average Bonchev–Trinajstić information content (AvgIpc) is 3.06. The molecule has 9 nitrogen and oxygen atoms in total. The topological polar surface area (TPSA) is 95.6 Å². The molecule has 2 aromatic carbocycles. The fourth-order valence-corrected chi connectivity index (χ4v) is 4.32. The molecule has 1 heterocycles. The third kappa shape index (κ3) is 9.84. The van der Waals surface area contributed by atoms with Gasteiger partial charge in [0.25, 0.3) is 5.91 Å². The van der Waals surface area contributed by atoms with Crippen LogP contribution in [-0.2, 0) is 25.7 Å². The maximum Gasteiger partial charge on any atom is 0.528 e. The van der Waals surface area contributed by atoms with Crippen LogP contribution >= 0.6 is 0 Å². The molecule has 0 unspecified atom stereocenters. The molecule has 1 aliphatic heterocycles.